The van der Waals surface area contributed by atoms with E-state index in [1.54, 1.807) is 0 Å². The highest BCUT2D eigenvalue weighted by Gasteiger charge is 2.35. The van der Waals surface area contributed by atoms with Crippen molar-refractivity contribution < 1.29 is 14.3 Å². The van der Waals surface area contributed by atoms with Gasteiger partial charge in [0, 0.05) is 26.2 Å². The third-order valence-electron chi connectivity index (χ3n) is 8.79. The summed E-state index contributed by atoms with van der Waals surface area (Å²) in [4.78, 5) is 19.1. The Hall–Kier alpha value is -0.490. The zero-order valence-electron chi connectivity index (χ0n) is 25.6. The van der Waals surface area contributed by atoms with Gasteiger partial charge in [0.2, 0.25) is 0 Å². The van der Waals surface area contributed by atoms with Crippen molar-refractivity contribution in [1.29, 1.82) is 0 Å². The molecule has 2 rings (SSSR count). The molecule has 0 aromatic rings. The fraction of sp³-hybridized carbons (Fsp3) is 0.970. The summed E-state index contributed by atoms with van der Waals surface area (Å²) in [7, 11) is 0. The van der Waals surface area contributed by atoms with Gasteiger partial charge >= 0.3 is 0 Å². The lowest BCUT2D eigenvalue weighted by atomic mass is 9.92. The second-order valence-electron chi connectivity index (χ2n) is 12.0. The Kier molecular flexibility index (Phi) is 20.6. The first-order valence-electron chi connectivity index (χ1n) is 16.9. The normalized spacial score (nSPS) is 19.0. The molecule has 2 heterocycles. The van der Waals surface area contributed by atoms with Crippen LogP contribution in [0.3, 0.4) is 0 Å². The average Bonchev–Trinajstić information content (AvgIpc) is 2.96. The van der Waals surface area contributed by atoms with Crippen LogP contribution in [0.5, 0.6) is 0 Å². The van der Waals surface area contributed by atoms with E-state index in [4.69, 9.17) is 9.47 Å². The molecule has 2 aliphatic rings. The minimum atomic E-state index is 0.0647. The molecule has 224 valence electrons. The van der Waals surface area contributed by atoms with Crippen molar-refractivity contribution >= 4 is 5.78 Å². The fourth-order valence-corrected chi connectivity index (χ4v) is 6.31. The van der Waals surface area contributed by atoms with Crippen LogP contribution in [0.15, 0.2) is 0 Å². The van der Waals surface area contributed by atoms with Crippen molar-refractivity contribution in [3.63, 3.8) is 0 Å². The number of carbonyl (C=O) groups is 1. The third-order valence-corrected chi connectivity index (χ3v) is 8.79. The highest BCUT2D eigenvalue weighted by molar-refractivity contribution is 5.89. The number of rotatable bonds is 24. The smallest absolute Gasteiger partial charge is 0.167 e. The molecule has 2 saturated heterocycles. The lowest BCUT2D eigenvalue weighted by Crippen LogP contribution is -2.55. The maximum Gasteiger partial charge on any atom is 0.167 e. The SMILES string of the molecule is CCCCCCCCCCCC(C(=O)C(CCCCCCCCCCC)N1CCOCC1)N1CCOCC1. The number of ether oxygens (including phenoxy) is 2. The number of nitrogens with zero attached hydrogens (tertiary/aromatic N) is 2. The van der Waals surface area contributed by atoms with Gasteiger partial charge in [0.1, 0.15) is 0 Å². The summed E-state index contributed by atoms with van der Waals surface area (Å²) < 4.78 is 11.3. The molecule has 0 saturated carbocycles. The minimum Gasteiger partial charge on any atom is -0.379 e. The summed E-state index contributed by atoms with van der Waals surface area (Å²) in [5.41, 5.74) is 0. The van der Waals surface area contributed by atoms with Gasteiger partial charge in [-0.15, -0.1) is 0 Å². The minimum absolute atomic E-state index is 0.0647. The van der Waals surface area contributed by atoms with Gasteiger partial charge in [-0.05, 0) is 12.8 Å². The molecule has 0 aromatic carbocycles. The molecule has 38 heavy (non-hydrogen) atoms. The highest BCUT2D eigenvalue weighted by Crippen LogP contribution is 2.22. The van der Waals surface area contributed by atoms with Crippen molar-refractivity contribution in [1.82, 2.24) is 9.80 Å². The molecule has 0 aliphatic carbocycles. The molecule has 5 nitrogen and oxygen atoms in total. The van der Waals surface area contributed by atoms with E-state index in [0.29, 0.717) is 5.78 Å². The van der Waals surface area contributed by atoms with Crippen molar-refractivity contribution in [3.8, 4) is 0 Å². The van der Waals surface area contributed by atoms with Crippen LogP contribution in [0.2, 0.25) is 0 Å². The van der Waals surface area contributed by atoms with Crippen LogP contribution in [0, 0.1) is 0 Å². The fourth-order valence-electron chi connectivity index (χ4n) is 6.31. The molecule has 5 heteroatoms. The molecule has 0 bridgehead atoms. The largest absolute Gasteiger partial charge is 0.379 e. The predicted octanol–water partition coefficient (Wildman–Crippen LogP) is 7.80. The zero-order valence-corrected chi connectivity index (χ0v) is 25.6. The Morgan fingerprint density at radius 2 is 0.789 bits per heavy atom. The van der Waals surface area contributed by atoms with E-state index < -0.39 is 0 Å². The molecule has 2 fully saturated rings. The first-order chi connectivity index (χ1) is 18.8. The molecule has 0 radical (unpaired) electrons. The second kappa shape index (κ2) is 23.2. The van der Waals surface area contributed by atoms with E-state index in [1.165, 1.54) is 116 Å². The maximum absolute atomic E-state index is 14.2. The third kappa shape index (κ3) is 14.8. The number of carbonyl (C=O) groups excluding carboxylic acids is 1. The summed E-state index contributed by atoms with van der Waals surface area (Å²) in [6.07, 6.45) is 26.0. The van der Waals surface area contributed by atoms with Crippen molar-refractivity contribution in [3.05, 3.63) is 0 Å². The summed E-state index contributed by atoms with van der Waals surface area (Å²) in [5.74, 6) is 0.493. The van der Waals surface area contributed by atoms with E-state index >= 15 is 0 Å². The topological polar surface area (TPSA) is 42.0 Å². The summed E-state index contributed by atoms with van der Waals surface area (Å²) in [6, 6.07) is 0.129. The van der Waals surface area contributed by atoms with E-state index in [9.17, 15) is 4.79 Å². The molecule has 2 unspecified atom stereocenters. The van der Waals surface area contributed by atoms with Crippen molar-refractivity contribution in [2.45, 2.75) is 154 Å². The number of ketones is 1. The number of unbranched alkanes of at least 4 members (excludes halogenated alkanes) is 16. The molecule has 0 spiro atoms. The van der Waals surface area contributed by atoms with Gasteiger partial charge in [0.15, 0.2) is 5.78 Å². The molecule has 0 N–H and O–H groups in total. The Morgan fingerprint density at radius 3 is 1.11 bits per heavy atom. The van der Waals surface area contributed by atoms with Gasteiger partial charge < -0.3 is 9.47 Å². The molecule has 0 amide bonds. The van der Waals surface area contributed by atoms with E-state index in [0.717, 1.165) is 65.4 Å². The Labute approximate surface area is 236 Å². The van der Waals surface area contributed by atoms with Gasteiger partial charge in [-0.25, -0.2) is 0 Å². The monoisotopic (exact) mass is 536 g/mol. The number of hydrogen-bond donors (Lipinski definition) is 0. The average molecular weight is 537 g/mol. The van der Waals surface area contributed by atoms with Crippen LogP contribution in [0.1, 0.15) is 142 Å². The first-order valence-corrected chi connectivity index (χ1v) is 16.9. The summed E-state index contributed by atoms with van der Waals surface area (Å²) >= 11 is 0. The van der Waals surface area contributed by atoms with Crippen LogP contribution < -0.4 is 0 Å². The first kappa shape index (κ1) is 33.7. The van der Waals surface area contributed by atoms with Crippen LogP contribution in [0.25, 0.3) is 0 Å². The van der Waals surface area contributed by atoms with E-state index in [2.05, 4.69) is 23.6 Å². The lowest BCUT2D eigenvalue weighted by molar-refractivity contribution is -0.134. The molecular formula is C33H64N2O3. The van der Waals surface area contributed by atoms with Gasteiger partial charge in [-0.3, -0.25) is 14.6 Å². The molecule has 2 atom stereocenters. The zero-order chi connectivity index (χ0) is 27.1. The Bertz CT molecular complexity index is 500. The second-order valence-corrected chi connectivity index (χ2v) is 12.0. The van der Waals surface area contributed by atoms with Crippen molar-refractivity contribution in [2.75, 3.05) is 52.6 Å². The Morgan fingerprint density at radius 1 is 0.500 bits per heavy atom. The number of morpholine rings is 2. The van der Waals surface area contributed by atoms with E-state index in [1.807, 2.05) is 0 Å². The Balaban J connectivity index is 1.83. The number of Topliss-reactive ketones (excluding diaryl/α,β-unsaturated/α-hetero) is 1. The quantitative estimate of drug-likeness (QED) is 0.118. The highest BCUT2D eigenvalue weighted by atomic mass is 16.5. The van der Waals surface area contributed by atoms with Crippen LogP contribution in [-0.2, 0) is 14.3 Å². The molecule has 2 aliphatic heterocycles. The predicted molar refractivity (Wildman–Crippen MR) is 161 cm³/mol. The van der Waals surface area contributed by atoms with Crippen LogP contribution >= 0.6 is 0 Å². The van der Waals surface area contributed by atoms with Crippen LogP contribution in [-0.4, -0.2) is 80.3 Å². The van der Waals surface area contributed by atoms with E-state index in [-0.39, 0.29) is 12.1 Å². The number of hydrogen-bond acceptors (Lipinski definition) is 5. The van der Waals surface area contributed by atoms with Gasteiger partial charge in [0.25, 0.3) is 0 Å². The lowest BCUT2D eigenvalue weighted by Gasteiger charge is -2.39. The van der Waals surface area contributed by atoms with Crippen molar-refractivity contribution in [2.24, 2.45) is 0 Å². The van der Waals surface area contributed by atoms with Crippen LogP contribution in [0.4, 0.5) is 0 Å². The van der Waals surface area contributed by atoms with Gasteiger partial charge in [0.05, 0.1) is 38.5 Å². The standard InChI is InChI=1S/C33H64N2O3/c1-3-5-7-9-11-13-15-17-19-21-31(34-23-27-37-28-24-34)33(36)32(35-25-29-38-30-26-35)22-20-18-16-14-12-10-8-6-4-2/h31-32H,3-30H2,1-2H3. The van der Waals surface area contributed by atoms with Gasteiger partial charge in [-0.2, -0.15) is 0 Å². The van der Waals surface area contributed by atoms with Gasteiger partial charge in [-0.1, -0.05) is 129 Å². The summed E-state index contributed by atoms with van der Waals surface area (Å²) in [5, 5.41) is 0. The molecule has 0 aromatic heterocycles. The molecular weight excluding hydrogens is 472 g/mol. The summed E-state index contributed by atoms with van der Waals surface area (Å²) in [6.45, 7) is 11.2. The maximum atomic E-state index is 14.2.